The van der Waals surface area contributed by atoms with Gasteiger partial charge in [0.25, 0.3) is 0 Å². The minimum Gasteiger partial charge on any atom is -0.492 e. The Balaban J connectivity index is 1.44. The highest BCUT2D eigenvalue weighted by molar-refractivity contribution is 7.99. The Labute approximate surface area is 126 Å². The molecule has 1 amide bonds. The van der Waals surface area contributed by atoms with E-state index in [1.807, 2.05) is 24.3 Å². The molecule has 0 aliphatic carbocycles. The molecular weight excluding hydrogens is 288 g/mol. The molecule has 1 aromatic carbocycles. The number of amides is 1. The van der Waals surface area contributed by atoms with E-state index in [4.69, 9.17) is 4.74 Å². The first-order valence-electron chi connectivity index (χ1n) is 6.79. The predicted molar refractivity (Wildman–Crippen MR) is 79.2 cm³/mol. The van der Waals surface area contributed by atoms with Gasteiger partial charge in [0.1, 0.15) is 18.7 Å². The van der Waals surface area contributed by atoms with Crippen molar-refractivity contribution in [3.63, 3.8) is 0 Å². The van der Waals surface area contributed by atoms with Gasteiger partial charge in [-0.1, -0.05) is 30.0 Å². The summed E-state index contributed by atoms with van der Waals surface area (Å²) in [7, 11) is 0. The fourth-order valence-electron chi connectivity index (χ4n) is 2.23. The van der Waals surface area contributed by atoms with Gasteiger partial charge in [-0.05, 0) is 18.1 Å². The van der Waals surface area contributed by atoms with Crippen molar-refractivity contribution in [2.75, 3.05) is 18.9 Å². The van der Waals surface area contributed by atoms with Crippen LogP contribution in [0.5, 0.6) is 5.75 Å². The Morgan fingerprint density at radius 1 is 1.48 bits per heavy atom. The lowest BCUT2D eigenvalue weighted by atomic mass is 9.96. The number of para-hydroxylation sites is 1. The van der Waals surface area contributed by atoms with Crippen LogP contribution in [0.25, 0.3) is 0 Å². The zero-order valence-electron chi connectivity index (χ0n) is 11.4. The number of nitrogens with one attached hydrogen (secondary N) is 2. The maximum absolute atomic E-state index is 12.1. The van der Waals surface area contributed by atoms with Crippen LogP contribution in [0.1, 0.15) is 5.56 Å². The van der Waals surface area contributed by atoms with Crippen LogP contribution < -0.4 is 10.1 Å². The fourth-order valence-corrected chi connectivity index (χ4v) is 2.86. The standard InChI is InChI=1S/C14H16N4O2S/c19-13(15-5-6-21-14-16-9-17-18-14)11-7-10-3-1-2-4-12(10)20-8-11/h1-4,9,11H,5-8H2,(H,15,19)(H,16,17,18)/t11-/m0/s1. The SMILES string of the molecule is O=C(NCCSc1ncn[nH]1)[C@@H]1COc2ccccc2C1. The largest absolute Gasteiger partial charge is 0.492 e. The number of carbonyl (C=O) groups is 1. The van der Waals surface area contributed by atoms with Crippen molar-refractivity contribution in [2.45, 2.75) is 11.6 Å². The first-order valence-corrected chi connectivity index (χ1v) is 7.78. The molecule has 2 N–H and O–H groups in total. The highest BCUT2D eigenvalue weighted by Gasteiger charge is 2.25. The predicted octanol–water partition coefficient (Wildman–Crippen LogP) is 1.26. The molecule has 0 spiro atoms. The van der Waals surface area contributed by atoms with E-state index in [2.05, 4.69) is 20.5 Å². The molecule has 3 rings (SSSR count). The zero-order chi connectivity index (χ0) is 14.5. The molecule has 0 fully saturated rings. The van der Waals surface area contributed by atoms with Gasteiger partial charge in [0.2, 0.25) is 5.91 Å². The number of thioether (sulfide) groups is 1. The molecule has 1 atom stereocenters. The van der Waals surface area contributed by atoms with Crippen molar-refractivity contribution >= 4 is 17.7 Å². The number of aromatic nitrogens is 3. The Morgan fingerprint density at radius 2 is 2.38 bits per heavy atom. The van der Waals surface area contributed by atoms with Crippen molar-refractivity contribution in [1.29, 1.82) is 0 Å². The molecule has 0 unspecified atom stereocenters. The summed E-state index contributed by atoms with van der Waals surface area (Å²) in [5, 5.41) is 10.2. The number of H-pyrrole nitrogens is 1. The van der Waals surface area contributed by atoms with Crippen molar-refractivity contribution in [3.8, 4) is 5.75 Å². The molecule has 110 valence electrons. The van der Waals surface area contributed by atoms with Gasteiger partial charge < -0.3 is 10.1 Å². The maximum atomic E-state index is 12.1. The molecular formula is C14H16N4O2S. The maximum Gasteiger partial charge on any atom is 0.226 e. The summed E-state index contributed by atoms with van der Waals surface area (Å²) in [6.07, 6.45) is 2.20. The Kier molecular flexibility index (Phi) is 4.40. The van der Waals surface area contributed by atoms with E-state index in [-0.39, 0.29) is 11.8 Å². The van der Waals surface area contributed by atoms with E-state index in [1.165, 1.54) is 18.1 Å². The number of hydrogen-bond acceptors (Lipinski definition) is 5. The summed E-state index contributed by atoms with van der Waals surface area (Å²) in [6, 6.07) is 7.86. The van der Waals surface area contributed by atoms with Crippen molar-refractivity contribution in [3.05, 3.63) is 36.2 Å². The number of fused-ring (bicyclic) bond motifs is 1. The van der Waals surface area contributed by atoms with Crippen molar-refractivity contribution < 1.29 is 9.53 Å². The summed E-state index contributed by atoms with van der Waals surface area (Å²) < 4.78 is 5.63. The summed E-state index contributed by atoms with van der Waals surface area (Å²) in [4.78, 5) is 16.1. The minimum atomic E-state index is -0.116. The van der Waals surface area contributed by atoms with Gasteiger partial charge in [0.15, 0.2) is 5.16 Å². The fraction of sp³-hybridized carbons (Fsp3) is 0.357. The molecule has 7 heteroatoms. The first-order chi connectivity index (χ1) is 10.3. The number of rotatable bonds is 5. The molecule has 1 aliphatic rings. The molecule has 0 saturated heterocycles. The van der Waals surface area contributed by atoms with E-state index in [9.17, 15) is 4.79 Å². The average Bonchev–Trinajstić information content (AvgIpc) is 3.04. The Bertz CT molecular complexity index is 603. The van der Waals surface area contributed by atoms with Crippen LogP contribution in [-0.4, -0.2) is 40.0 Å². The van der Waals surface area contributed by atoms with Gasteiger partial charge in [-0.2, -0.15) is 5.10 Å². The van der Waals surface area contributed by atoms with Crippen LogP contribution in [0, 0.1) is 5.92 Å². The van der Waals surface area contributed by atoms with Crippen LogP contribution >= 0.6 is 11.8 Å². The lowest BCUT2D eigenvalue weighted by Crippen LogP contribution is -2.38. The summed E-state index contributed by atoms with van der Waals surface area (Å²) in [5.74, 6) is 1.57. The highest BCUT2D eigenvalue weighted by Crippen LogP contribution is 2.26. The van der Waals surface area contributed by atoms with E-state index >= 15 is 0 Å². The van der Waals surface area contributed by atoms with E-state index < -0.39 is 0 Å². The van der Waals surface area contributed by atoms with Gasteiger partial charge in [-0.15, -0.1) is 0 Å². The number of aromatic amines is 1. The molecule has 0 bridgehead atoms. The topological polar surface area (TPSA) is 79.9 Å². The number of hydrogen-bond donors (Lipinski definition) is 2. The van der Waals surface area contributed by atoms with Crippen LogP contribution in [-0.2, 0) is 11.2 Å². The van der Waals surface area contributed by atoms with Crippen LogP contribution in [0.4, 0.5) is 0 Å². The quantitative estimate of drug-likeness (QED) is 0.642. The van der Waals surface area contributed by atoms with Gasteiger partial charge in [-0.25, -0.2) is 4.98 Å². The smallest absolute Gasteiger partial charge is 0.226 e. The van der Waals surface area contributed by atoms with E-state index in [0.29, 0.717) is 13.2 Å². The Hall–Kier alpha value is -2.02. The van der Waals surface area contributed by atoms with Gasteiger partial charge in [0, 0.05) is 12.3 Å². The van der Waals surface area contributed by atoms with Gasteiger partial charge in [-0.3, -0.25) is 9.89 Å². The summed E-state index contributed by atoms with van der Waals surface area (Å²) in [6.45, 7) is 1.04. The van der Waals surface area contributed by atoms with E-state index in [0.717, 1.165) is 28.6 Å². The summed E-state index contributed by atoms with van der Waals surface area (Å²) >= 11 is 1.53. The van der Waals surface area contributed by atoms with Gasteiger partial charge in [0.05, 0.1) is 5.92 Å². The second-order valence-corrected chi connectivity index (χ2v) is 5.83. The number of benzene rings is 1. The monoisotopic (exact) mass is 304 g/mol. The third-order valence-corrected chi connectivity index (χ3v) is 4.16. The second-order valence-electron chi connectivity index (χ2n) is 4.75. The molecule has 0 saturated carbocycles. The lowest BCUT2D eigenvalue weighted by Gasteiger charge is -2.24. The highest BCUT2D eigenvalue weighted by atomic mass is 32.2. The average molecular weight is 304 g/mol. The summed E-state index contributed by atoms with van der Waals surface area (Å²) in [5.41, 5.74) is 1.10. The van der Waals surface area contributed by atoms with Crippen LogP contribution in [0.15, 0.2) is 35.7 Å². The molecule has 21 heavy (non-hydrogen) atoms. The molecule has 2 heterocycles. The third-order valence-electron chi connectivity index (χ3n) is 3.28. The minimum absolute atomic E-state index is 0.0441. The zero-order valence-corrected chi connectivity index (χ0v) is 12.2. The molecule has 1 aliphatic heterocycles. The van der Waals surface area contributed by atoms with Crippen LogP contribution in [0.3, 0.4) is 0 Å². The number of ether oxygens (including phenoxy) is 1. The first kappa shape index (κ1) is 13.9. The third kappa shape index (κ3) is 3.55. The normalized spacial score (nSPS) is 16.9. The van der Waals surface area contributed by atoms with Crippen LogP contribution in [0.2, 0.25) is 0 Å². The Morgan fingerprint density at radius 3 is 3.24 bits per heavy atom. The second kappa shape index (κ2) is 6.62. The molecule has 6 nitrogen and oxygen atoms in total. The van der Waals surface area contributed by atoms with Gasteiger partial charge >= 0.3 is 0 Å². The number of nitrogens with zero attached hydrogens (tertiary/aromatic N) is 2. The lowest BCUT2D eigenvalue weighted by molar-refractivity contribution is -0.126. The molecule has 0 radical (unpaired) electrons. The van der Waals surface area contributed by atoms with Crippen molar-refractivity contribution in [2.24, 2.45) is 5.92 Å². The number of carbonyl (C=O) groups excluding carboxylic acids is 1. The van der Waals surface area contributed by atoms with Crippen molar-refractivity contribution in [1.82, 2.24) is 20.5 Å². The van der Waals surface area contributed by atoms with E-state index in [1.54, 1.807) is 0 Å². The molecule has 2 aromatic rings. The molecule has 1 aromatic heterocycles.